The summed E-state index contributed by atoms with van der Waals surface area (Å²) >= 11 is 0. The van der Waals surface area contributed by atoms with E-state index in [0.717, 1.165) is 49.4 Å². The molecule has 0 bridgehead atoms. The number of aromatic nitrogens is 3. The Bertz CT molecular complexity index is 1110. The van der Waals surface area contributed by atoms with Gasteiger partial charge < -0.3 is 15.7 Å². The van der Waals surface area contributed by atoms with Crippen molar-refractivity contribution in [2.45, 2.75) is 63.1 Å². The van der Waals surface area contributed by atoms with Crippen LogP contribution in [-0.4, -0.2) is 44.7 Å². The second-order valence-electron chi connectivity index (χ2n) is 9.25. The fourth-order valence-electron chi connectivity index (χ4n) is 4.97. The van der Waals surface area contributed by atoms with Gasteiger partial charge in [0.25, 0.3) is 0 Å². The minimum Gasteiger partial charge on any atom is -0.390 e. The normalized spacial score (nSPS) is 17.0. The largest absolute Gasteiger partial charge is 0.390 e. The number of benzene rings is 2. The maximum Gasteiger partial charge on any atom is 0.217 e. The van der Waals surface area contributed by atoms with E-state index in [-0.39, 0.29) is 24.4 Å². The first-order valence-electron chi connectivity index (χ1n) is 12.0. The van der Waals surface area contributed by atoms with Gasteiger partial charge in [0, 0.05) is 25.1 Å². The van der Waals surface area contributed by atoms with E-state index in [2.05, 4.69) is 33.0 Å². The number of amides is 1. The van der Waals surface area contributed by atoms with Crippen molar-refractivity contribution in [3.63, 3.8) is 0 Å². The van der Waals surface area contributed by atoms with Gasteiger partial charge in [-0.05, 0) is 54.7 Å². The van der Waals surface area contributed by atoms with Gasteiger partial charge in [-0.2, -0.15) is 15.0 Å². The summed E-state index contributed by atoms with van der Waals surface area (Å²) < 4.78 is 27.4. The third-order valence-electron chi connectivity index (χ3n) is 6.64. The Labute approximate surface area is 203 Å². The molecule has 3 N–H and O–H groups in total. The lowest BCUT2D eigenvalue weighted by Gasteiger charge is -2.40. The predicted molar refractivity (Wildman–Crippen MR) is 128 cm³/mol. The first kappa shape index (κ1) is 24.9. The van der Waals surface area contributed by atoms with E-state index in [1.807, 2.05) is 12.1 Å². The topological polar surface area (TPSA) is 92.1 Å². The van der Waals surface area contributed by atoms with Crippen molar-refractivity contribution < 1.29 is 18.7 Å². The van der Waals surface area contributed by atoms with Gasteiger partial charge in [-0.15, -0.1) is 0 Å². The van der Waals surface area contributed by atoms with E-state index in [0.29, 0.717) is 5.56 Å². The van der Waals surface area contributed by atoms with Crippen molar-refractivity contribution in [1.29, 1.82) is 0 Å². The molecule has 1 saturated carbocycles. The van der Waals surface area contributed by atoms with Crippen LogP contribution in [0.1, 0.15) is 50.2 Å². The zero-order chi connectivity index (χ0) is 24.8. The summed E-state index contributed by atoms with van der Waals surface area (Å²) in [5, 5.41) is 25.8. The maximum atomic E-state index is 13.7. The molecule has 1 aliphatic carbocycles. The van der Waals surface area contributed by atoms with Gasteiger partial charge in [0.05, 0.1) is 30.2 Å². The second-order valence-corrected chi connectivity index (χ2v) is 9.25. The van der Waals surface area contributed by atoms with Gasteiger partial charge in [-0.25, -0.2) is 8.78 Å². The van der Waals surface area contributed by atoms with E-state index in [1.165, 1.54) is 19.1 Å². The van der Waals surface area contributed by atoms with E-state index in [4.69, 9.17) is 0 Å². The third-order valence-corrected chi connectivity index (χ3v) is 6.64. The SMILES string of the molecule is CC(=O)N[C@@H](Cc1cc(F)cc(F)c1)[C@H](O)CNC1(c2cccc(-n3nccn3)c2)CCCCC1. The molecule has 0 unspecified atom stereocenters. The number of aliphatic hydroxyl groups excluding tert-OH is 1. The highest BCUT2D eigenvalue weighted by atomic mass is 19.1. The lowest BCUT2D eigenvalue weighted by Crippen LogP contribution is -2.53. The van der Waals surface area contributed by atoms with E-state index < -0.39 is 23.8 Å². The van der Waals surface area contributed by atoms with Crippen LogP contribution in [0.3, 0.4) is 0 Å². The number of hydrogen-bond acceptors (Lipinski definition) is 5. The first-order chi connectivity index (χ1) is 16.8. The van der Waals surface area contributed by atoms with Gasteiger partial charge in [0.15, 0.2) is 0 Å². The highest BCUT2D eigenvalue weighted by Crippen LogP contribution is 2.37. The molecule has 1 aliphatic rings. The first-order valence-corrected chi connectivity index (χ1v) is 12.0. The van der Waals surface area contributed by atoms with Crippen molar-refractivity contribution in [2.24, 2.45) is 0 Å². The highest BCUT2D eigenvalue weighted by Gasteiger charge is 2.35. The molecule has 1 fully saturated rings. The van der Waals surface area contributed by atoms with Gasteiger partial charge >= 0.3 is 0 Å². The maximum absolute atomic E-state index is 13.7. The van der Waals surface area contributed by atoms with Gasteiger partial charge in [-0.1, -0.05) is 31.4 Å². The summed E-state index contributed by atoms with van der Waals surface area (Å²) in [5.74, 6) is -1.71. The van der Waals surface area contributed by atoms with Crippen LogP contribution in [0.15, 0.2) is 54.9 Å². The number of halogens is 2. The Hall–Kier alpha value is -3.17. The molecule has 3 aromatic rings. The smallest absolute Gasteiger partial charge is 0.217 e. The quantitative estimate of drug-likeness (QED) is 0.434. The number of carbonyl (C=O) groups excluding carboxylic acids is 1. The third kappa shape index (κ3) is 6.29. The molecular formula is C26H31F2N5O2. The molecule has 7 nitrogen and oxygen atoms in total. The Morgan fingerprint density at radius 1 is 1.09 bits per heavy atom. The lowest BCUT2D eigenvalue weighted by atomic mass is 9.76. The number of rotatable bonds is 9. The molecule has 1 heterocycles. The van der Waals surface area contributed by atoms with Crippen LogP contribution in [0, 0.1) is 11.6 Å². The molecule has 2 atom stereocenters. The zero-order valence-electron chi connectivity index (χ0n) is 19.8. The number of carbonyl (C=O) groups is 1. The molecule has 0 saturated heterocycles. The molecular weight excluding hydrogens is 452 g/mol. The van der Waals surface area contributed by atoms with Crippen molar-refractivity contribution in [1.82, 2.24) is 25.6 Å². The molecule has 0 aliphatic heterocycles. The van der Waals surface area contributed by atoms with E-state index in [9.17, 15) is 18.7 Å². The van der Waals surface area contributed by atoms with Crippen LogP contribution in [-0.2, 0) is 16.8 Å². The predicted octanol–water partition coefficient (Wildman–Crippen LogP) is 3.40. The van der Waals surface area contributed by atoms with E-state index >= 15 is 0 Å². The molecule has 186 valence electrons. The van der Waals surface area contributed by atoms with Crippen LogP contribution < -0.4 is 10.6 Å². The minimum atomic E-state index is -0.972. The number of aliphatic hydroxyl groups is 1. The van der Waals surface area contributed by atoms with Gasteiger partial charge in [-0.3, -0.25) is 4.79 Å². The van der Waals surface area contributed by atoms with Crippen molar-refractivity contribution in [3.05, 3.63) is 77.6 Å². The fourth-order valence-corrected chi connectivity index (χ4v) is 4.97. The van der Waals surface area contributed by atoms with Crippen LogP contribution in [0.2, 0.25) is 0 Å². The zero-order valence-corrected chi connectivity index (χ0v) is 19.8. The summed E-state index contributed by atoms with van der Waals surface area (Å²) in [5.41, 5.74) is 1.95. The number of nitrogens with zero attached hydrogens (tertiary/aromatic N) is 3. The standard InChI is InChI=1S/C26H31F2N5O2/c1-18(34)32-24(14-19-12-21(27)16-22(28)13-19)25(35)17-29-26(8-3-2-4-9-26)20-6-5-7-23(15-20)33-30-10-11-31-33/h5-7,10-13,15-16,24-25,29,35H,2-4,8-9,14,17H2,1H3,(H,32,34)/t24-,25+/m0/s1. The van der Waals surface area contributed by atoms with Crippen LogP contribution in [0.4, 0.5) is 8.78 Å². The summed E-state index contributed by atoms with van der Waals surface area (Å²) in [6, 6.07) is 10.6. The Balaban J connectivity index is 1.53. The summed E-state index contributed by atoms with van der Waals surface area (Å²) in [7, 11) is 0. The van der Waals surface area contributed by atoms with Crippen LogP contribution in [0.25, 0.3) is 5.69 Å². The molecule has 2 aromatic carbocycles. The molecule has 35 heavy (non-hydrogen) atoms. The number of nitrogens with one attached hydrogen (secondary N) is 2. The molecule has 0 radical (unpaired) electrons. The molecule has 9 heteroatoms. The summed E-state index contributed by atoms with van der Waals surface area (Å²) in [4.78, 5) is 13.4. The molecule has 4 rings (SSSR count). The van der Waals surface area contributed by atoms with E-state index in [1.54, 1.807) is 17.2 Å². The van der Waals surface area contributed by atoms with Crippen LogP contribution in [0.5, 0.6) is 0 Å². The second kappa shape index (κ2) is 11.0. The molecule has 1 amide bonds. The fraction of sp³-hybridized carbons (Fsp3) is 0.423. The number of hydrogen-bond donors (Lipinski definition) is 3. The van der Waals surface area contributed by atoms with Crippen molar-refractivity contribution in [3.8, 4) is 5.69 Å². The van der Waals surface area contributed by atoms with Gasteiger partial charge in [0.2, 0.25) is 5.91 Å². The monoisotopic (exact) mass is 483 g/mol. The minimum absolute atomic E-state index is 0.102. The summed E-state index contributed by atoms with van der Waals surface area (Å²) in [6.45, 7) is 1.56. The highest BCUT2D eigenvalue weighted by molar-refractivity contribution is 5.73. The Kier molecular flexibility index (Phi) is 7.87. The summed E-state index contributed by atoms with van der Waals surface area (Å²) in [6.07, 6.45) is 7.42. The van der Waals surface area contributed by atoms with Crippen molar-refractivity contribution >= 4 is 5.91 Å². The molecule has 1 aromatic heterocycles. The average molecular weight is 484 g/mol. The molecule has 0 spiro atoms. The Morgan fingerprint density at radius 3 is 2.43 bits per heavy atom. The van der Waals surface area contributed by atoms with Crippen molar-refractivity contribution in [2.75, 3.05) is 6.54 Å². The average Bonchev–Trinajstić information content (AvgIpc) is 3.37. The van der Waals surface area contributed by atoms with Gasteiger partial charge in [0.1, 0.15) is 11.6 Å². The lowest BCUT2D eigenvalue weighted by molar-refractivity contribution is -0.120. The Morgan fingerprint density at radius 2 is 1.77 bits per heavy atom. The van der Waals surface area contributed by atoms with Crippen LogP contribution >= 0.6 is 0 Å².